The summed E-state index contributed by atoms with van der Waals surface area (Å²) in [5, 5.41) is 3.49. The Hall–Kier alpha value is -0.760. The molecule has 1 heterocycles. The Labute approximate surface area is 73.0 Å². The van der Waals surface area contributed by atoms with Gasteiger partial charge in [0.1, 0.15) is 0 Å². The molecule has 0 bridgehead atoms. The maximum Gasteiger partial charge on any atom is 0.0950 e. The standard InChI is InChI=1S/C10H15NO/c1-8(10-4-5-12-7-10)11-6-9-2-3-9/h4-5,7-9,11H,2-3,6H2,1H3. The Bertz CT molecular complexity index is 226. The van der Waals surface area contributed by atoms with Gasteiger partial charge in [-0.15, -0.1) is 0 Å². The van der Waals surface area contributed by atoms with Crippen molar-refractivity contribution in [1.82, 2.24) is 5.32 Å². The topological polar surface area (TPSA) is 25.2 Å². The second kappa shape index (κ2) is 3.31. The minimum absolute atomic E-state index is 0.435. The molecule has 0 aliphatic heterocycles. The fraction of sp³-hybridized carbons (Fsp3) is 0.600. The molecule has 1 atom stereocenters. The van der Waals surface area contributed by atoms with Gasteiger partial charge in [0.2, 0.25) is 0 Å². The number of hydrogen-bond acceptors (Lipinski definition) is 2. The molecule has 2 nitrogen and oxygen atoms in total. The molecule has 0 aromatic carbocycles. The largest absolute Gasteiger partial charge is 0.472 e. The van der Waals surface area contributed by atoms with Crippen LogP contribution >= 0.6 is 0 Å². The summed E-state index contributed by atoms with van der Waals surface area (Å²) in [6.07, 6.45) is 6.35. The van der Waals surface area contributed by atoms with E-state index >= 15 is 0 Å². The smallest absolute Gasteiger partial charge is 0.0950 e. The van der Waals surface area contributed by atoms with Crippen molar-refractivity contribution in [2.24, 2.45) is 5.92 Å². The molecular weight excluding hydrogens is 150 g/mol. The van der Waals surface area contributed by atoms with Crippen molar-refractivity contribution in [3.05, 3.63) is 24.2 Å². The second-order valence-electron chi connectivity index (χ2n) is 3.63. The summed E-state index contributed by atoms with van der Waals surface area (Å²) in [4.78, 5) is 0. The highest BCUT2D eigenvalue weighted by atomic mass is 16.3. The third-order valence-electron chi connectivity index (χ3n) is 2.45. The molecule has 1 aromatic rings. The molecule has 1 unspecified atom stereocenters. The molecule has 0 saturated heterocycles. The molecule has 1 N–H and O–H groups in total. The summed E-state index contributed by atoms with van der Waals surface area (Å²) >= 11 is 0. The van der Waals surface area contributed by atoms with Crippen molar-refractivity contribution < 1.29 is 4.42 Å². The Morgan fingerprint density at radius 2 is 2.50 bits per heavy atom. The summed E-state index contributed by atoms with van der Waals surface area (Å²) in [5.74, 6) is 0.944. The second-order valence-corrected chi connectivity index (χ2v) is 3.63. The highest BCUT2D eigenvalue weighted by Crippen LogP contribution is 2.28. The van der Waals surface area contributed by atoms with Gasteiger partial charge in [-0.05, 0) is 38.3 Å². The van der Waals surface area contributed by atoms with Crippen molar-refractivity contribution >= 4 is 0 Å². The van der Waals surface area contributed by atoms with Gasteiger partial charge in [0, 0.05) is 11.6 Å². The van der Waals surface area contributed by atoms with Crippen LogP contribution in [-0.2, 0) is 0 Å². The maximum absolute atomic E-state index is 5.02. The van der Waals surface area contributed by atoms with E-state index in [1.54, 1.807) is 6.26 Å². The zero-order chi connectivity index (χ0) is 8.39. The van der Waals surface area contributed by atoms with Crippen molar-refractivity contribution in [1.29, 1.82) is 0 Å². The van der Waals surface area contributed by atoms with Crippen LogP contribution in [0.5, 0.6) is 0 Å². The van der Waals surface area contributed by atoms with Crippen molar-refractivity contribution in [3.63, 3.8) is 0 Å². The van der Waals surface area contributed by atoms with E-state index in [1.807, 2.05) is 12.3 Å². The summed E-state index contributed by atoms with van der Waals surface area (Å²) in [5.41, 5.74) is 1.25. The quantitative estimate of drug-likeness (QED) is 0.740. The molecule has 1 fully saturated rings. The lowest BCUT2D eigenvalue weighted by atomic mass is 10.2. The molecule has 1 aromatic heterocycles. The van der Waals surface area contributed by atoms with Crippen LogP contribution in [0.4, 0.5) is 0 Å². The summed E-state index contributed by atoms with van der Waals surface area (Å²) in [6, 6.07) is 2.45. The van der Waals surface area contributed by atoms with Gasteiger partial charge >= 0.3 is 0 Å². The minimum atomic E-state index is 0.435. The first-order chi connectivity index (χ1) is 5.86. The van der Waals surface area contributed by atoms with Gasteiger partial charge in [0.15, 0.2) is 0 Å². The third kappa shape index (κ3) is 1.89. The van der Waals surface area contributed by atoms with Crippen LogP contribution in [0.2, 0.25) is 0 Å². The van der Waals surface area contributed by atoms with Crippen LogP contribution in [-0.4, -0.2) is 6.54 Å². The molecule has 0 radical (unpaired) electrons. The number of nitrogens with one attached hydrogen (secondary N) is 1. The van der Waals surface area contributed by atoms with Gasteiger partial charge in [0.25, 0.3) is 0 Å². The van der Waals surface area contributed by atoms with Crippen molar-refractivity contribution in [3.8, 4) is 0 Å². The zero-order valence-corrected chi connectivity index (χ0v) is 7.42. The first-order valence-electron chi connectivity index (χ1n) is 4.62. The molecule has 0 amide bonds. The monoisotopic (exact) mass is 165 g/mol. The lowest BCUT2D eigenvalue weighted by Crippen LogP contribution is -2.20. The summed E-state index contributed by atoms with van der Waals surface area (Å²) < 4.78 is 5.02. The number of furan rings is 1. The average Bonchev–Trinajstić information content (AvgIpc) is 2.74. The van der Waals surface area contributed by atoms with Crippen LogP contribution in [0.25, 0.3) is 0 Å². The highest BCUT2D eigenvalue weighted by Gasteiger charge is 2.21. The van der Waals surface area contributed by atoms with Gasteiger partial charge in [-0.1, -0.05) is 0 Å². The van der Waals surface area contributed by atoms with Gasteiger partial charge in [-0.25, -0.2) is 0 Å². The molecule has 66 valence electrons. The van der Waals surface area contributed by atoms with Crippen molar-refractivity contribution in [2.45, 2.75) is 25.8 Å². The minimum Gasteiger partial charge on any atom is -0.472 e. The van der Waals surface area contributed by atoms with E-state index < -0.39 is 0 Å². The highest BCUT2D eigenvalue weighted by molar-refractivity contribution is 5.10. The normalized spacial score (nSPS) is 19.4. The van der Waals surface area contributed by atoms with Gasteiger partial charge < -0.3 is 9.73 Å². The lowest BCUT2D eigenvalue weighted by Gasteiger charge is -2.10. The summed E-state index contributed by atoms with van der Waals surface area (Å²) in [6.45, 7) is 3.33. The predicted molar refractivity (Wildman–Crippen MR) is 47.8 cm³/mol. The first kappa shape index (κ1) is 7.87. The van der Waals surface area contributed by atoms with Gasteiger partial charge in [-0.2, -0.15) is 0 Å². The van der Waals surface area contributed by atoms with Crippen LogP contribution in [0.15, 0.2) is 23.0 Å². The lowest BCUT2D eigenvalue weighted by molar-refractivity contribution is 0.527. The van der Waals surface area contributed by atoms with E-state index in [2.05, 4.69) is 12.2 Å². The maximum atomic E-state index is 5.02. The van der Waals surface area contributed by atoms with E-state index in [0.717, 1.165) is 12.5 Å². The number of hydrogen-bond donors (Lipinski definition) is 1. The van der Waals surface area contributed by atoms with E-state index in [1.165, 1.54) is 18.4 Å². The molecule has 12 heavy (non-hydrogen) atoms. The molecule has 0 spiro atoms. The Morgan fingerprint density at radius 1 is 1.67 bits per heavy atom. The Kier molecular flexibility index (Phi) is 2.17. The van der Waals surface area contributed by atoms with E-state index in [4.69, 9.17) is 4.42 Å². The van der Waals surface area contributed by atoms with Crippen LogP contribution < -0.4 is 5.32 Å². The van der Waals surface area contributed by atoms with E-state index in [0.29, 0.717) is 6.04 Å². The Morgan fingerprint density at radius 3 is 3.08 bits per heavy atom. The van der Waals surface area contributed by atoms with Gasteiger partial charge in [-0.3, -0.25) is 0 Å². The third-order valence-corrected chi connectivity index (χ3v) is 2.45. The average molecular weight is 165 g/mol. The van der Waals surface area contributed by atoms with E-state index in [-0.39, 0.29) is 0 Å². The molecule has 1 aliphatic carbocycles. The van der Waals surface area contributed by atoms with Crippen LogP contribution in [0.1, 0.15) is 31.4 Å². The summed E-state index contributed by atoms with van der Waals surface area (Å²) in [7, 11) is 0. The van der Waals surface area contributed by atoms with Gasteiger partial charge in [0.05, 0.1) is 12.5 Å². The molecule has 2 heteroatoms. The molecular formula is C10H15NO. The van der Waals surface area contributed by atoms with Crippen LogP contribution in [0, 0.1) is 5.92 Å². The fourth-order valence-corrected chi connectivity index (χ4v) is 1.30. The Balaban J connectivity index is 1.79. The van der Waals surface area contributed by atoms with Crippen LogP contribution in [0.3, 0.4) is 0 Å². The molecule has 2 rings (SSSR count). The molecule has 1 saturated carbocycles. The SMILES string of the molecule is CC(NCC1CC1)c1ccoc1. The number of rotatable bonds is 4. The molecule has 1 aliphatic rings. The zero-order valence-electron chi connectivity index (χ0n) is 7.42. The fourth-order valence-electron chi connectivity index (χ4n) is 1.30. The first-order valence-corrected chi connectivity index (χ1v) is 4.62. The van der Waals surface area contributed by atoms with Crippen molar-refractivity contribution in [2.75, 3.05) is 6.54 Å². The predicted octanol–water partition coefficient (Wildman–Crippen LogP) is 2.34. The van der Waals surface area contributed by atoms with E-state index in [9.17, 15) is 0 Å².